The SMILES string of the molecule is Cc1cc(C)c(CNC(=O)c2ccc(CCOC3CCOCC3)cc2)c(O)n1. The van der Waals surface area contributed by atoms with Crippen LogP contribution >= 0.6 is 0 Å². The summed E-state index contributed by atoms with van der Waals surface area (Å²) < 4.78 is 11.2. The molecule has 28 heavy (non-hydrogen) atoms. The zero-order valence-corrected chi connectivity index (χ0v) is 16.5. The molecule has 1 aromatic heterocycles. The van der Waals surface area contributed by atoms with E-state index in [4.69, 9.17) is 9.47 Å². The first-order valence-electron chi connectivity index (χ1n) is 9.75. The van der Waals surface area contributed by atoms with Gasteiger partial charge in [-0.1, -0.05) is 12.1 Å². The average Bonchev–Trinajstić information content (AvgIpc) is 2.68. The lowest BCUT2D eigenvalue weighted by Gasteiger charge is -2.22. The van der Waals surface area contributed by atoms with Crippen LogP contribution in [0.15, 0.2) is 30.3 Å². The summed E-state index contributed by atoms with van der Waals surface area (Å²) in [5, 5.41) is 12.8. The number of hydrogen-bond donors (Lipinski definition) is 2. The zero-order chi connectivity index (χ0) is 19.9. The molecule has 1 fully saturated rings. The van der Waals surface area contributed by atoms with Crippen molar-refractivity contribution in [1.29, 1.82) is 0 Å². The number of benzene rings is 1. The summed E-state index contributed by atoms with van der Waals surface area (Å²) in [6.07, 6.45) is 3.05. The first-order valence-corrected chi connectivity index (χ1v) is 9.75. The predicted molar refractivity (Wildman–Crippen MR) is 106 cm³/mol. The van der Waals surface area contributed by atoms with Crippen LogP contribution < -0.4 is 5.32 Å². The van der Waals surface area contributed by atoms with E-state index in [-0.39, 0.29) is 18.3 Å². The zero-order valence-electron chi connectivity index (χ0n) is 16.5. The van der Waals surface area contributed by atoms with Gasteiger partial charge in [-0.3, -0.25) is 4.79 Å². The Labute approximate surface area is 165 Å². The fourth-order valence-corrected chi connectivity index (χ4v) is 3.34. The van der Waals surface area contributed by atoms with Crippen molar-refractivity contribution in [1.82, 2.24) is 10.3 Å². The maximum atomic E-state index is 12.4. The maximum absolute atomic E-state index is 12.4. The molecule has 0 unspecified atom stereocenters. The van der Waals surface area contributed by atoms with Gasteiger partial charge in [0.2, 0.25) is 5.88 Å². The largest absolute Gasteiger partial charge is 0.493 e. The Morgan fingerprint density at radius 1 is 1.25 bits per heavy atom. The van der Waals surface area contributed by atoms with Crippen molar-refractivity contribution < 1.29 is 19.4 Å². The minimum absolute atomic E-state index is 0.0299. The van der Waals surface area contributed by atoms with E-state index in [1.165, 1.54) is 0 Å². The molecule has 0 bridgehead atoms. The molecule has 2 N–H and O–H groups in total. The molecule has 1 amide bonds. The summed E-state index contributed by atoms with van der Waals surface area (Å²) in [6, 6.07) is 9.44. The van der Waals surface area contributed by atoms with Gasteiger partial charge in [-0.25, -0.2) is 4.98 Å². The van der Waals surface area contributed by atoms with Gasteiger partial charge in [0.25, 0.3) is 5.91 Å². The van der Waals surface area contributed by atoms with E-state index in [1.807, 2.05) is 44.2 Å². The molecule has 0 atom stereocenters. The van der Waals surface area contributed by atoms with Crippen LogP contribution in [0.25, 0.3) is 0 Å². The van der Waals surface area contributed by atoms with Gasteiger partial charge in [-0.05, 0) is 62.4 Å². The lowest BCUT2D eigenvalue weighted by atomic mass is 10.1. The van der Waals surface area contributed by atoms with E-state index in [1.54, 1.807) is 0 Å². The van der Waals surface area contributed by atoms with E-state index < -0.39 is 0 Å². The second-order valence-corrected chi connectivity index (χ2v) is 7.19. The molecule has 1 aromatic carbocycles. The third-order valence-corrected chi connectivity index (χ3v) is 5.01. The van der Waals surface area contributed by atoms with Crippen LogP contribution in [0.2, 0.25) is 0 Å². The van der Waals surface area contributed by atoms with Gasteiger partial charge >= 0.3 is 0 Å². The number of amides is 1. The molecular formula is C22H28N2O4. The Bertz CT molecular complexity index is 776. The number of aryl methyl sites for hydroxylation is 2. The Hall–Kier alpha value is -2.44. The first kappa shape index (κ1) is 20.3. The number of carbonyl (C=O) groups excluding carboxylic acids is 1. The predicted octanol–water partition coefficient (Wildman–Crippen LogP) is 3.07. The van der Waals surface area contributed by atoms with Gasteiger partial charge in [0.15, 0.2) is 0 Å². The van der Waals surface area contributed by atoms with Gasteiger partial charge < -0.3 is 19.9 Å². The van der Waals surface area contributed by atoms with Gasteiger partial charge in [-0.15, -0.1) is 0 Å². The monoisotopic (exact) mass is 384 g/mol. The van der Waals surface area contributed by atoms with Crippen LogP contribution in [-0.4, -0.2) is 41.9 Å². The minimum atomic E-state index is -0.176. The van der Waals surface area contributed by atoms with Crippen molar-refractivity contribution in [2.75, 3.05) is 19.8 Å². The molecule has 0 saturated carbocycles. The van der Waals surface area contributed by atoms with Crippen LogP contribution in [0.4, 0.5) is 0 Å². The van der Waals surface area contributed by atoms with Crippen LogP contribution in [0, 0.1) is 13.8 Å². The van der Waals surface area contributed by atoms with E-state index in [0.29, 0.717) is 23.8 Å². The summed E-state index contributed by atoms with van der Waals surface area (Å²) in [6.45, 7) is 6.20. The van der Waals surface area contributed by atoms with Crippen molar-refractivity contribution in [2.45, 2.75) is 45.8 Å². The maximum Gasteiger partial charge on any atom is 0.251 e. The molecule has 3 rings (SSSR count). The number of hydrogen-bond acceptors (Lipinski definition) is 5. The third-order valence-electron chi connectivity index (χ3n) is 5.01. The molecule has 150 valence electrons. The fraction of sp³-hybridized carbons (Fsp3) is 0.455. The van der Waals surface area contributed by atoms with Gasteiger partial charge in [-0.2, -0.15) is 0 Å². The highest BCUT2D eigenvalue weighted by molar-refractivity contribution is 5.94. The van der Waals surface area contributed by atoms with Crippen LogP contribution in [-0.2, 0) is 22.4 Å². The molecule has 1 aliphatic rings. The molecular weight excluding hydrogens is 356 g/mol. The van der Waals surface area contributed by atoms with Crippen molar-refractivity contribution in [2.24, 2.45) is 0 Å². The number of rotatable bonds is 7. The average molecular weight is 384 g/mol. The van der Waals surface area contributed by atoms with Gasteiger partial charge in [0.1, 0.15) is 0 Å². The number of nitrogens with zero attached hydrogens (tertiary/aromatic N) is 1. The highest BCUT2D eigenvalue weighted by Crippen LogP contribution is 2.19. The first-order chi connectivity index (χ1) is 13.5. The normalized spacial score (nSPS) is 14.8. The summed E-state index contributed by atoms with van der Waals surface area (Å²) >= 11 is 0. The molecule has 0 radical (unpaired) electrons. The summed E-state index contributed by atoms with van der Waals surface area (Å²) in [4.78, 5) is 16.4. The van der Waals surface area contributed by atoms with Gasteiger partial charge in [0.05, 0.1) is 12.7 Å². The molecule has 0 aliphatic carbocycles. The molecule has 2 heterocycles. The third kappa shape index (κ3) is 5.53. The summed E-state index contributed by atoms with van der Waals surface area (Å²) in [5.74, 6) is -0.206. The Morgan fingerprint density at radius 2 is 1.96 bits per heavy atom. The van der Waals surface area contributed by atoms with Crippen LogP contribution in [0.3, 0.4) is 0 Å². The quantitative estimate of drug-likeness (QED) is 0.767. The van der Waals surface area contributed by atoms with E-state index >= 15 is 0 Å². The highest BCUT2D eigenvalue weighted by Gasteiger charge is 2.14. The number of carbonyl (C=O) groups is 1. The van der Waals surface area contributed by atoms with Crippen molar-refractivity contribution in [3.8, 4) is 5.88 Å². The lowest BCUT2D eigenvalue weighted by molar-refractivity contribution is -0.0307. The standard InChI is InChI=1S/C22H28N2O4/c1-15-13-16(2)24-22(26)20(15)14-23-21(25)18-5-3-17(4-6-18)7-12-28-19-8-10-27-11-9-19/h3-6,13,19H,7-12,14H2,1-2H3,(H,23,25)(H,24,26). The minimum Gasteiger partial charge on any atom is -0.493 e. The second-order valence-electron chi connectivity index (χ2n) is 7.19. The highest BCUT2D eigenvalue weighted by atomic mass is 16.5. The smallest absolute Gasteiger partial charge is 0.251 e. The number of ether oxygens (including phenoxy) is 2. The molecule has 2 aromatic rings. The molecule has 6 nitrogen and oxygen atoms in total. The lowest BCUT2D eigenvalue weighted by Crippen LogP contribution is -2.24. The van der Waals surface area contributed by atoms with Crippen LogP contribution in [0.1, 0.15) is 45.6 Å². The van der Waals surface area contributed by atoms with Gasteiger partial charge in [0, 0.05) is 36.6 Å². The Kier molecular flexibility index (Phi) is 7.01. The topological polar surface area (TPSA) is 80.7 Å². The number of aromatic hydroxyl groups is 1. The molecule has 1 aliphatic heterocycles. The van der Waals surface area contributed by atoms with Crippen molar-refractivity contribution in [3.05, 3.63) is 58.3 Å². The number of aromatic nitrogens is 1. The van der Waals surface area contributed by atoms with Crippen molar-refractivity contribution >= 4 is 5.91 Å². The number of nitrogens with one attached hydrogen (secondary N) is 1. The number of pyridine rings is 1. The second kappa shape index (κ2) is 9.66. The molecule has 0 spiro atoms. The Balaban J connectivity index is 1.48. The molecule has 1 saturated heterocycles. The summed E-state index contributed by atoms with van der Waals surface area (Å²) in [7, 11) is 0. The van der Waals surface area contributed by atoms with Crippen molar-refractivity contribution in [3.63, 3.8) is 0 Å². The van der Waals surface area contributed by atoms with Crippen LogP contribution in [0.5, 0.6) is 5.88 Å². The fourth-order valence-electron chi connectivity index (χ4n) is 3.34. The van der Waals surface area contributed by atoms with E-state index in [9.17, 15) is 9.90 Å². The van der Waals surface area contributed by atoms with E-state index in [2.05, 4.69) is 10.3 Å². The Morgan fingerprint density at radius 3 is 2.64 bits per heavy atom. The molecule has 6 heteroatoms. The van der Waals surface area contributed by atoms with E-state index in [0.717, 1.165) is 49.3 Å². The summed E-state index contributed by atoms with van der Waals surface area (Å²) in [5.41, 5.74) is 4.03.